The van der Waals surface area contributed by atoms with Gasteiger partial charge in [-0.1, -0.05) is 12.1 Å². The predicted molar refractivity (Wildman–Crippen MR) is 88.9 cm³/mol. The summed E-state index contributed by atoms with van der Waals surface area (Å²) in [6, 6.07) is 9.47. The number of hydrogen-bond donors (Lipinski definition) is 0. The molecular formula is C17H19N5O2. The summed E-state index contributed by atoms with van der Waals surface area (Å²) in [6.45, 7) is 4.88. The molecule has 0 N–H and O–H groups in total. The Balaban J connectivity index is 1.83. The number of fused-ring (bicyclic) bond motifs is 1. The van der Waals surface area contributed by atoms with Gasteiger partial charge in [-0.25, -0.2) is 9.50 Å². The van der Waals surface area contributed by atoms with Crippen molar-refractivity contribution < 1.29 is 9.53 Å². The minimum absolute atomic E-state index is 0.159. The van der Waals surface area contributed by atoms with E-state index in [1.807, 2.05) is 44.2 Å². The first-order valence-electron chi connectivity index (χ1n) is 7.73. The van der Waals surface area contributed by atoms with Crippen molar-refractivity contribution in [1.82, 2.24) is 24.5 Å². The third-order valence-corrected chi connectivity index (χ3v) is 3.82. The van der Waals surface area contributed by atoms with E-state index >= 15 is 0 Å². The van der Waals surface area contributed by atoms with Crippen LogP contribution in [0.1, 0.15) is 28.8 Å². The maximum atomic E-state index is 12.7. The quantitative estimate of drug-likeness (QED) is 0.718. The first kappa shape index (κ1) is 15.9. The molecule has 24 heavy (non-hydrogen) atoms. The van der Waals surface area contributed by atoms with Crippen LogP contribution < -0.4 is 4.74 Å². The summed E-state index contributed by atoms with van der Waals surface area (Å²) in [4.78, 5) is 22.8. The van der Waals surface area contributed by atoms with Gasteiger partial charge in [0.05, 0.1) is 7.11 Å². The Labute approximate surface area is 139 Å². The Morgan fingerprint density at radius 3 is 2.62 bits per heavy atom. The molecule has 0 unspecified atom stereocenters. The third-order valence-electron chi connectivity index (χ3n) is 3.82. The van der Waals surface area contributed by atoms with Crippen molar-refractivity contribution in [2.24, 2.45) is 0 Å². The van der Waals surface area contributed by atoms with Crippen molar-refractivity contribution in [3.63, 3.8) is 0 Å². The van der Waals surface area contributed by atoms with Crippen LogP contribution in [0.25, 0.3) is 5.78 Å². The SMILES string of the molecule is CCN(Cc1ccc(OC)cc1)C(=O)c1nc2nccc(C)n2n1. The molecule has 124 valence electrons. The van der Waals surface area contributed by atoms with Crippen LogP contribution in [0.3, 0.4) is 0 Å². The number of rotatable bonds is 5. The maximum Gasteiger partial charge on any atom is 0.293 e. The Kier molecular flexibility index (Phi) is 4.41. The zero-order valence-corrected chi connectivity index (χ0v) is 13.9. The summed E-state index contributed by atoms with van der Waals surface area (Å²) in [5.74, 6) is 1.17. The Hall–Kier alpha value is -2.96. The Bertz CT molecular complexity index is 857. The molecule has 0 aliphatic heterocycles. The van der Waals surface area contributed by atoms with Crippen LogP contribution in [0.15, 0.2) is 36.5 Å². The average Bonchev–Trinajstić information content (AvgIpc) is 3.05. The Morgan fingerprint density at radius 1 is 1.25 bits per heavy atom. The lowest BCUT2D eigenvalue weighted by molar-refractivity contribution is 0.0740. The second-order valence-corrected chi connectivity index (χ2v) is 5.40. The van der Waals surface area contributed by atoms with Gasteiger partial charge in [0.25, 0.3) is 11.7 Å². The highest BCUT2D eigenvalue weighted by Crippen LogP contribution is 2.14. The van der Waals surface area contributed by atoms with E-state index < -0.39 is 0 Å². The minimum Gasteiger partial charge on any atom is -0.497 e. The van der Waals surface area contributed by atoms with Gasteiger partial charge in [-0.05, 0) is 37.6 Å². The largest absolute Gasteiger partial charge is 0.497 e. The molecule has 3 aromatic rings. The molecule has 0 bridgehead atoms. The summed E-state index contributed by atoms with van der Waals surface area (Å²) >= 11 is 0. The first-order valence-corrected chi connectivity index (χ1v) is 7.73. The van der Waals surface area contributed by atoms with E-state index in [0.717, 1.165) is 17.0 Å². The number of ether oxygens (including phenoxy) is 1. The molecule has 0 aliphatic carbocycles. The molecule has 1 amide bonds. The van der Waals surface area contributed by atoms with E-state index in [1.165, 1.54) is 0 Å². The van der Waals surface area contributed by atoms with Crippen LogP contribution >= 0.6 is 0 Å². The fourth-order valence-electron chi connectivity index (χ4n) is 2.42. The predicted octanol–water partition coefficient (Wildman–Crippen LogP) is 2.10. The lowest BCUT2D eigenvalue weighted by Gasteiger charge is -2.19. The van der Waals surface area contributed by atoms with Gasteiger partial charge in [0.2, 0.25) is 5.82 Å². The van der Waals surface area contributed by atoms with Crippen molar-refractivity contribution in [3.05, 3.63) is 53.6 Å². The number of aryl methyl sites for hydroxylation is 1. The van der Waals surface area contributed by atoms with Gasteiger partial charge in [-0.15, -0.1) is 5.10 Å². The lowest BCUT2D eigenvalue weighted by Crippen LogP contribution is -2.31. The molecule has 0 radical (unpaired) electrons. The molecule has 7 nitrogen and oxygen atoms in total. The second kappa shape index (κ2) is 6.66. The van der Waals surface area contributed by atoms with Gasteiger partial charge in [0.15, 0.2) is 0 Å². The molecule has 0 spiro atoms. The van der Waals surface area contributed by atoms with Gasteiger partial charge >= 0.3 is 0 Å². The summed E-state index contributed by atoms with van der Waals surface area (Å²) < 4.78 is 6.73. The summed E-state index contributed by atoms with van der Waals surface area (Å²) in [7, 11) is 1.63. The molecule has 0 saturated carbocycles. The topological polar surface area (TPSA) is 72.6 Å². The fraction of sp³-hybridized carbons (Fsp3) is 0.294. The summed E-state index contributed by atoms with van der Waals surface area (Å²) in [5, 5.41) is 4.28. The number of carbonyl (C=O) groups excluding carboxylic acids is 1. The molecule has 2 heterocycles. The number of benzene rings is 1. The summed E-state index contributed by atoms with van der Waals surface area (Å²) in [5.41, 5.74) is 1.90. The molecule has 2 aromatic heterocycles. The molecule has 3 rings (SSSR count). The molecule has 0 atom stereocenters. The number of amides is 1. The van der Waals surface area contributed by atoms with Crippen LogP contribution in [-0.2, 0) is 6.54 Å². The zero-order valence-electron chi connectivity index (χ0n) is 13.9. The monoisotopic (exact) mass is 325 g/mol. The molecule has 1 aromatic carbocycles. The average molecular weight is 325 g/mol. The minimum atomic E-state index is -0.210. The number of methoxy groups -OCH3 is 1. The van der Waals surface area contributed by atoms with Crippen molar-refractivity contribution >= 4 is 11.7 Å². The van der Waals surface area contributed by atoms with Crippen molar-refractivity contribution in [2.75, 3.05) is 13.7 Å². The van der Waals surface area contributed by atoms with Crippen LogP contribution in [0, 0.1) is 6.92 Å². The fourth-order valence-corrected chi connectivity index (χ4v) is 2.42. The zero-order chi connectivity index (χ0) is 17.1. The standard InChI is InChI=1S/C17H19N5O2/c1-4-21(11-13-5-7-14(24-3)8-6-13)16(23)15-19-17-18-10-9-12(2)22(17)20-15/h5-10H,4,11H2,1-3H3. The van der Waals surface area contributed by atoms with Gasteiger partial charge < -0.3 is 9.64 Å². The molecule has 0 saturated heterocycles. The van der Waals surface area contributed by atoms with Crippen LogP contribution in [0.5, 0.6) is 5.75 Å². The van der Waals surface area contributed by atoms with E-state index in [-0.39, 0.29) is 11.7 Å². The molecule has 7 heteroatoms. The van der Waals surface area contributed by atoms with E-state index in [2.05, 4.69) is 15.1 Å². The second-order valence-electron chi connectivity index (χ2n) is 5.40. The summed E-state index contributed by atoms with van der Waals surface area (Å²) in [6.07, 6.45) is 1.66. The smallest absolute Gasteiger partial charge is 0.293 e. The number of aromatic nitrogens is 4. The van der Waals surface area contributed by atoms with Gasteiger partial charge in [0.1, 0.15) is 5.75 Å². The lowest BCUT2D eigenvalue weighted by atomic mass is 10.2. The normalized spacial score (nSPS) is 10.8. The Morgan fingerprint density at radius 2 is 2.00 bits per heavy atom. The van der Waals surface area contributed by atoms with Gasteiger partial charge in [-0.2, -0.15) is 4.98 Å². The van der Waals surface area contributed by atoms with E-state index in [1.54, 1.807) is 22.7 Å². The van der Waals surface area contributed by atoms with Crippen molar-refractivity contribution in [1.29, 1.82) is 0 Å². The third kappa shape index (κ3) is 3.05. The maximum absolute atomic E-state index is 12.7. The number of carbonyl (C=O) groups is 1. The van der Waals surface area contributed by atoms with Gasteiger partial charge in [-0.3, -0.25) is 4.79 Å². The molecular weight excluding hydrogens is 306 g/mol. The van der Waals surface area contributed by atoms with E-state index in [4.69, 9.17) is 4.74 Å². The number of nitrogens with zero attached hydrogens (tertiary/aromatic N) is 5. The van der Waals surface area contributed by atoms with Gasteiger partial charge in [0, 0.05) is 25.0 Å². The van der Waals surface area contributed by atoms with Crippen molar-refractivity contribution in [3.8, 4) is 5.75 Å². The highest BCUT2D eigenvalue weighted by atomic mass is 16.5. The van der Waals surface area contributed by atoms with Crippen LogP contribution in [-0.4, -0.2) is 44.0 Å². The van der Waals surface area contributed by atoms with E-state index in [0.29, 0.717) is 18.9 Å². The number of hydrogen-bond acceptors (Lipinski definition) is 5. The highest BCUT2D eigenvalue weighted by Gasteiger charge is 2.20. The molecule has 0 fully saturated rings. The highest BCUT2D eigenvalue weighted by molar-refractivity contribution is 5.90. The molecule has 0 aliphatic rings. The van der Waals surface area contributed by atoms with Crippen LogP contribution in [0.4, 0.5) is 0 Å². The first-order chi connectivity index (χ1) is 11.6. The van der Waals surface area contributed by atoms with E-state index in [9.17, 15) is 4.79 Å². The van der Waals surface area contributed by atoms with Crippen LogP contribution in [0.2, 0.25) is 0 Å². The van der Waals surface area contributed by atoms with Crippen molar-refractivity contribution in [2.45, 2.75) is 20.4 Å².